The van der Waals surface area contributed by atoms with E-state index in [-0.39, 0.29) is 5.30 Å². The number of hydrogen-bond acceptors (Lipinski definition) is 4. The first-order valence-electron chi connectivity index (χ1n) is 2.26. The number of rotatable bonds is 1. The van der Waals surface area contributed by atoms with Crippen molar-refractivity contribution in [3.63, 3.8) is 0 Å². The van der Waals surface area contributed by atoms with Crippen LogP contribution in [0.1, 0.15) is 0 Å². The highest BCUT2D eigenvalue weighted by molar-refractivity contribution is 9.10. The molecule has 0 N–H and O–H groups in total. The first-order valence-corrected chi connectivity index (χ1v) is 5.54. The van der Waals surface area contributed by atoms with E-state index in [9.17, 15) is 14.7 Å². The topological polar surface area (TPSA) is 69.2 Å². The van der Waals surface area contributed by atoms with E-state index >= 15 is 0 Å². The van der Waals surface area contributed by atoms with Gasteiger partial charge in [-0.25, -0.2) is 0 Å². The molecule has 0 fully saturated rings. The Morgan fingerprint density at radius 2 is 1.90 bits per heavy atom. The SMILES string of the molecule is [O-][P+]([O-])([O-])c1cscc1Br. The first kappa shape index (κ1) is 8.59. The van der Waals surface area contributed by atoms with Crippen molar-refractivity contribution < 1.29 is 14.7 Å². The fourth-order valence-corrected chi connectivity index (χ4v) is 3.39. The summed E-state index contributed by atoms with van der Waals surface area (Å²) in [6.07, 6.45) is 0. The molecular formula is C4H2BrO3PS-2. The molecule has 0 saturated carbocycles. The van der Waals surface area contributed by atoms with Gasteiger partial charge in [0.25, 0.3) is 0 Å². The summed E-state index contributed by atoms with van der Waals surface area (Å²) in [5.74, 6) is 0. The van der Waals surface area contributed by atoms with E-state index in [1.807, 2.05) is 0 Å². The van der Waals surface area contributed by atoms with Crippen molar-refractivity contribution in [2.75, 3.05) is 0 Å². The highest BCUT2D eigenvalue weighted by Gasteiger charge is 2.08. The molecule has 0 atom stereocenters. The summed E-state index contributed by atoms with van der Waals surface area (Å²) in [5, 5.41) is 2.71. The second kappa shape index (κ2) is 2.85. The molecule has 0 aliphatic carbocycles. The Labute approximate surface area is 70.7 Å². The lowest BCUT2D eigenvalue weighted by molar-refractivity contribution is -0.421. The monoisotopic (exact) mass is 240 g/mol. The molecular weight excluding hydrogens is 239 g/mol. The maximum absolute atomic E-state index is 10.4. The van der Waals surface area contributed by atoms with E-state index in [0.29, 0.717) is 4.47 Å². The average molecular weight is 241 g/mol. The van der Waals surface area contributed by atoms with Crippen molar-refractivity contribution in [2.24, 2.45) is 0 Å². The Hall–Kier alpha value is 0.490. The molecule has 0 amide bonds. The van der Waals surface area contributed by atoms with Gasteiger partial charge < -0.3 is 14.7 Å². The summed E-state index contributed by atoms with van der Waals surface area (Å²) in [6.45, 7) is 0. The van der Waals surface area contributed by atoms with E-state index in [4.69, 9.17) is 0 Å². The highest BCUT2D eigenvalue weighted by atomic mass is 79.9. The summed E-state index contributed by atoms with van der Waals surface area (Å²) in [4.78, 5) is 31.1. The largest absolute Gasteiger partial charge is 0.683 e. The average Bonchev–Trinajstić information content (AvgIpc) is 2.11. The second-order valence-electron chi connectivity index (χ2n) is 1.60. The molecule has 0 spiro atoms. The lowest BCUT2D eigenvalue weighted by atomic mass is 10.7. The van der Waals surface area contributed by atoms with E-state index in [0.717, 1.165) is 0 Å². The van der Waals surface area contributed by atoms with E-state index < -0.39 is 7.94 Å². The third-order valence-electron chi connectivity index (χ3n) is 0.891. The van der Waals surface area contributed by atoms with Crippen LogP contribution in [0.3, 0.4) is 0 Å². The Morgan fingerprint density at radius 3 is 2.10 bits per heavy atom. The van der Waals surface area contributed by atoms with Gasteiger partial charge >= 0.3 is 0 Å². The number of thiophene rings is 1. The molecule has 0 unspecified atom stereocenters. The van der Waals surface area contributed by atoms with Gasteiger partial charge in [0.1, 0.15) is 5.30 Å². The third-order valence-corrected chi connectivity index (χ3v) is 4.03. The fraction of sp³-hybridized carbons (Fsp3) is 0. The summed E-state index contributed by atoms with van der Waals surface area (Å²) in [7, 11) is -4.54. The van der Waals surface area contributed by atoms with Gasteiger partial charge in [0.2, 0.25) is 0 Å². The third kappa shape index (κ3) is 1.75. The van der Waals surface area contributed by atoms with Crippen molar-refractivity contribution >= 4 is 40.5 Å². The molecule has 0 radical (unpaired) electrons. The standard InChI is InChI=1S/C4H4BrO3PS/c5-3-1-10-2-4(3)9(6,7)8/h1-2H,(H2,6,7,8)/p-2. The van der Waals surface area contributed by atoms with Gasteiger partial charge in [0.05, 0.1) is 4.47 Å². The maximum atomic E-state index is 10.4. The zero-order valence-electron chi connectivity index (χ0n) is 4.61. The molecule has 0 aliphatic rings. The van der Waals surface area contributed by atoms with Crippen LogP contribution in [0, 0.1) is 0 Å². The minimum Gasteiger partial charge on any atom is -0.683 e. The lowest BCUT2D eigenvalue weighted by Gasteiger charge is -2.40. The van der Waals surface area contributed by atoms with E-state index in [1.165, 1.54) is 16.7 Å². The maximum Gasteiger partial charge on any atom is 0.101 e. The summed E-state index contributed by atoms with van der Waals surface area (Å²) in [5.41, 5.74) is 0. The summed E-state index contributed by atoms with van der Waals surface area (Å²) >= 11 is 4.11. The highest BCUT2D eigenvalue weighted by Crippen LogP contribution is 2.32. The van der Waals surface area contributed by atoms with Crippen molar-refractivity contribution in [1.82, 2.24) is 0 Å². The van der Waals surface area contributed by atoms with Gasteiger partial charge in [-0.15, -0.1) is 19.3 Å². The summed E-state index contributed by atoms with van der Waals surface area (Å²) in [6, 6.07) is 0. The minimum atomic E-state index is -4.54. The molecule has 0 aromatic carbocycles. The fourth-order valence-electron chi connectivity index (χ4n) is 0.470. The van der Waals surface area contributed by atoms with Gasteiger partial charge in [0, 0.05) is 10.8 Å². The Balaban J connectivity index is 3.05. The molecule has 0 bridgehead atoms. The van der Waals surface area contributed by atoms with Crippen LogP contribution < -0.4 is 20.0 Å². The second-order valence-corrected chi connectivity index (χ2v) is 4.68. The van der Waals surface area contributed by atoms with Gasteiger partial charge in [-0.1, -0.05) is 0 Å². The van der Waals surface area contributed by atoms with Crippen LogP contribution in [-0.2, 0) is 0 Å². The molecule has 1 aromatic heterocycles. The van der Waals surface area contributed by atoms with Crippen molar-refractivity contribution in [1.29, 1.82) is 0 Å². The normalized spacial score (nSPS) is 12.0. The van der Waals surface area contributed by atoms with Crippen LogP contribution in [0.2, 0.25) is 0 Å². The van der Waals surface area contributed by atoms with Crippen LogP contribution in [0.4, 0.5) is 0 Å². The van der Waals surface area contributed by atoms with E-state index in [1.54, 1.807) is 5.38 Å². The quantitative estimate of drug-likeness (QED) is 0.591. The first-order chi connectivity index (χ1) is 4.52. The van der Waals surface area contributed by atoms with Crippen molar-refractivity contribution in [2.45, 2.75) is 0 Å². The van der Waals surface area contributed by atoms with Gasteiger partial charge in [0.15, 0.2) is 0 Å². The molecule has 1 heterocycles. The van der Waals surface area contributed by atoms with Crippen LogP contribution >= 0.6 is 35.2 Å². The molecule has 56 valence electrons. The van der Waals surface area contributed by atoms with Gasteiger partial charge in [-0.05, 0) is 15.9 Å². The zero-order chi connectivity index (χ0) is 7.78. The molecule has 10 heavy (non-hydrogen) atoms. The Bertz CT molecular complexity index is 231. The van der Waals surface area contributed by atoms with Crippen molar-refractivity contribution in [3.8, 4) is 0 Å². The van der Waals surface area contributed by atoms with Crippen LogP contribution in [-0.4, -0.2) is 0 Å². The van der Waals surface area contributed by atoms with Crippen molar-refractivity contribution in [3.05, 3.63) is 15.2 Å². The zero-order valence-corrected chi connectivity index (χ0v) is 7.91. The number of hydrogen-bond donors (Lipinski definition) is 0. The predicted octanol–water partition coefficient (Wildman–Crippen LogP) is -1.02. The summed E-state index contributed by atoms with van der Waals surface area (Å²) < 4.78 is 0.353. The number of halogens is 1. The smallest absolute Gasteiger partial charge is 0.101 e. The van der Waals surface area contributed by atoms with Gasteiger partial charge in [-0.3, -0.25) is 0 Å². The Morgan fingerprint density at radius 1 is 1.30 bits per heavy atom. The Kier molecular flexibility index (Phi) is 2.45. The molecule has 0 aliphatic heterocycles. The van der Waals surface area contributed by atoms with Crippen LogP contribution in [0.15, 0.2) is 15.2 Å². The predicted molar refractivity (Wildman–Crippen MR) is 38.6 cm³/mol. The van der Waals surface area contributed by atoms with Crippen LogP contribution in [0.25, 0.3) is 0 Å². The molecule has 1 rings (SSSR count). The van der Waals surface area contributed by atoms with Crippen LogP contribution in [0.5, 0.6) is 0 Å². The molecule has 1 aromatic rings. The van der Waals surface area contributed by atoms with Gasteiger partial charge in [-0.2, -0.15) is 0 Å². The molecule has 6 heteroatoms. The minimum absolute atomic E-state index is 0.155. The molecule has 3 nitrogen and oxygen atoms in total. The lowest BCUT2D eigenvalue weighted by Crippen LogP contribution is -2.40. The molecule has 0 saturated heterocycles. The van der Waals surface area contributed by atoms with E-state index in [2.05, 4.69) is 15.9 Å².